The van der Waals surface area contributed by atoms with Gasteiger partial charge >= 0.3 is 0 Å². The Morgan fingerprint density at radius 3 is 2.80 bits per heavy atom. The van der Waals surface area contributed by atoms with Gasteiger partial charge in [-0.3, -0.25) is 9.78 Å². The molecule has 0 unspecified atom stereocenters. The minimum absolute atomic E-state index is 0.227. The van der Waals surface area contributed by atoms with E-state index in [4.69, 9.17) is 10.5 Å². The van der Waals surface area contributed by atoms with Gasteiger partial charge in [-0.15, -0.1) is 0 Å². The number of aliphatic hydroxyl groups is 1. The highest BCUT2D eigenvalue weighted by Gasteiger charge is 2.32. The van der Waals surface area contributed by atoms with Crippen LogP contribution < -0.4 is 5.73 Å². The van der Waals surface area contributed by atoms with Gasteiger partial charge in [-0.2, -0.15) is 0 Å². The van der Waals surface area contributed by atoms with Crippen LogP contribution in [0.25, 0.3) is 0 Å². The average molecular weight is 279 g/mol. The molecule has 0 atom stereocenters. The van der Waals surface area contributed by atoms with Crippen LogP contribution in [0.4, 0.5) is 5.69 Å². The molecule has 0 spiro atoms. The van der Waals surface area contributed by atoms with Crippen LogP contribution in [-0.2, 0) is 4.74 Å². The first-order valence-electron chi connectivity index (χ1n) is 6.69. The van der Waals surface area contributed by atoms with Gasteiger partial charge < -0.3 is 20.5 Å². The molecular weight excluding hydrogens is 258 g/mol. The van der Waals surface area contributed by atoms with E-state index in [-0.39, 0.29) is 12.5 Å². The summed E-state index contributed by atoms with van der Waals surface area (Å²) >= 11 is 0. The topological polar surface area (TPSA) is 88.7 Å². The highest BCUT2D eigenvalue weighted by atomic mass is 16.5. The van der Waals surface area contributed by atoms with Gasteiger partial charge in [0.15, 0.2) is 0 Å². The van der Waals surface area contributed by atoms with Crippen LogP contribution in [0.3, 0.4) is 0 Å². The Morgan fingerprint density at radius 2 is 2.20 bits per heavy atom. The fourth-order valence-electron chi connectivity index (χ4n) is 2.39. The van der Waals surface area contributed by atoms with Gasteiger partial charge in [0.2, 0.25) is 0 Å². The number of nitrogens with zero attached hydrogens (tertiary/aromatic N) is 2. The Morgan fingerprint density at radius 1 is 1.55 bits per heavy atom. The van der Waals surface area contributed by atoms with Gasteiger partial charge in [0.1, 0.15) is 0 Å². The number of carbonyl (C=O) groups excluding carboxylic acids is 1. The van der Waals surface area contributed by atoms with E-state index in [9.17, 15) is 9.90 Å². The van der Waals surface area contributed by atoms with Crippen LogP contribution in [0.1, 0.15) is 28.9 Å². The molecule has 20 heavy (non-hydrogen) atoms. The first kappa shape index (κ1) is 14.7. The summed E-state index contributed by atoms with van der Waals surface area (Å²) < 4.78 is 5.23. The van der Waals surface area contributed by atoms with E-state index in [2.05, 4.69) is 4.98 Å². The molecule has 0 radical (unpaired) electrons. The molecular formula is C14H21N3O3. The molecule has 0 aliphatic carbocycles. The molecule has 1 aliphatic heterocycles. The van der Waals surface area contributed by atoms with Gasteiger partial charge in [0.25, 0.3) is 5.91 Å². The predicted molar refractivity (Wildman–Crippen MR) is 75.3 cm³/mol. The van der Waals surface area contributed by atoms with Gasteiger partial charge in [-0.25, -0.2) is 0 Å². The van der Waals surface area contributed by atoms with E-state index in [1.165, 1.54) is 11.1 Å². The van der Waals surface area contributed by atoms with E-state index in [0.29, 0.717) is 37.3 Å². The van der Waals surface area contributed by atoms with Crippen molar-refractivity contribution in [3.63, 3.8) is 0 Å². The maximum absolute atomic E-state index is 12.4. The number of pyridine rings is 1. The first-order valence-corrected chi connectivity index (χ1v) is 6.69. The van der Waals surface area contributed by atoms with E-state index < -0.39 is 5.60 Å². The van der Waals surface area contributed by atoms with E-state index in [0.717, 1.165) is 5.69 Å². The molecule has 2 heterocycles. The maximum Gasteiger partial charge on any atom is 0.257 e. The number of hydrogen-bond donors (Lipinski definition) is 2. The molecule has 0 bridgehead atoms. The van der Waals surface area contributed by atoms with Crippen LogP contribution in [0.2, 0.25) is 0 Å². The van der Waals surface area contributed by atoms with E-state index in [1.807, 2.05) is 6.92 Å². The average Bonchev–Trinajstić information content (AvgIpc) is 2.38. The molecule has 1 saturated heterocycles. The number of likely N-dealkylation sites (N-methyl/N-ethyl adjacent to an activating group) is 1. The molecule has 6 nitrogen and oxygen atoms in total. The zero-order chi connectivity index (χ0) is 14.8. The molecule has 0 aromatic carbocycles. The molecule has 6 heteroatoms. The third-order valence-corrected chi connectivity index (χ3v) is 3.60. The van der Waals surface area contributed by atoms with Crippen LogP contribution in [0.15, 0.2) is 12.3 Å². The minimum atomic E-state index is -0.879. The minimum Gasteiger partial charge on any atom is -0.398 e. The second-order valence-corrected chi connectivity index (χ2v) is 5.41. The number of anilines is 1. The lowest BCUT2D eigenvalue weighted by Gasteiger charge is -2.35. The largest absolute Gasteiger partial charge is 0.398 e. The highest BCUT2D eigenvalue weighted by molar-refractivity contribution is 5.98. The number of carbonyl (C=O) groups is 1. The molecule has 1 amide bonds. The van der Waals surface area contributed by atoms with Gasteiger partial charge in [-0.1, -0.05) is 0 Å². The summed E-state index contributed by atoms with van der Waals surface area (Å²) in [5.41, 5.74) is 6.52. The van der Waals surface area contributed by atoms with Gasteiger partial charge in [0, 0.05) is 57.2 Å². The molecule has 3 N–H and O–H groups in total. The first-order chi connectivity index (χ1) is 9.41. The number of nitrogen functional groups attached to an aromatic ring is 1. The molecule has 1 aromatic heterocycles. The Kier molecular flexibility index (Phi) is 4.25. The van der Waals surface area contributed by atoms with Crippen molar-refractivity contribution < 1.29 is 14.6 Å². The van der Waals surface area contributed by atoms with Crippen LogP contribution in [0.5, 0.6) is 0 Å². The van der Waals surface area contributed by atoms with Crippen molar-refractivity contribution in [1.82, 2.24) is 9.88 Å². The zero-order valence-electron chi connectivity index (χ0n) is 11.9. The van der Waals surface area contributed by atoms with Crippen molar-refractivity contribution in [2.45, 2.75) is 25.4 Å². The van der Waals surface area contributed by atoms with E-state index in [1.54, 1.807) is 13.1 Å². The van der Waals surface area contributed by atoms with Crippen molar-refractivity contribution in [2.24, 2.45) is 0 Å². The fraction of sp³-hybridized carbons (Fsp3) is 0.571. The summed E-state index contributed by atoms with van der Waals surface area (Å²) in [6.07, 6.45) is 2.55. The lowest BCUT2D eigenvalue weighted by atomic mass is 9.93. The number of hydrogen-bond acceptors (Lipinski definition) is 5. The number of amides is 1. The van der Waals surface area contributed by atoms with Gasteiger partial charge in [0.05, 0.1) is 11.2 Å². The van der Waals surface area contributed by atoms with Crippen molar-refractivity contribution in [3.8, 4) is 0 Å². The molecule has 110 valence electrons. The summed E-state index contributed by atoms with van der Waals surface area (Å²) in [6, 6.07) is 1.67. The number of ether oxygens (including phenoxy) is 1. The quantitative estimate of drug-likeness (QED) is 0.845. The molecule has 2 rings (SSSR count). The standard InChI is InChI=1S/C14H21N3O3/c1-10-7-12(15)11(8-16-10)13(18)17(2)9-14(19)3-5-20-6-4-14/h7-8,19H,3-6,9H2,1-2H3,(H2,15,16). The summed E-state index contributed by atoms with van der Waals surface area (Å²) in [5, 5.41) is 10.4. The van der Waals surface area contributed by atoms with Crippen LogP contribution in [-0.4, -0.2) is 53.3 Å². The zero-order valence-corrected chi connectivity index (χ0v) is 11.9. The number of aromatic nitrogens is 1. The number of nitrogens with two attached hydrogens (primary N) is 1. The molecule has 0 saturated carbocycles. The predicted octanol–water partition coefficient (Wildman–Crippen LogP) is 0.586. The summed E-state index contributed by atoms with van der Waals surface area (Å²) in [7, 11) is 1.66. The summed E-state index contributed by atoms with van der Waals surface area (Å²) in [6.45, 7) is 3.13. The Balaban J connectivity index is 2.08. The third-order valence-electron chi connectivity index (χ3n) is 3.60. The number of rotatable bonds is 3. The Bertz CT molecular complexity index is 498. The molecule has 1 aromatic rings. The second-order valence-electron chi connectivity index (χ2n) is 5.41. The fourth-order valence-corrected chi connectivity index (χ4v) is 2.39. The van der Waals surface area contributed by atoms with Crippen LogP contribution in [0, 0.1) is 6.92 Å². The summed E-state index contributed by atoms with van der Waals surface area (Å²) in [4.78, 5) is 17.9. The highest BCUT2D eigenvalue weighted by Crippen LogP contribution is 2.22. The SMILES string of the molecule is Cc1cc(N)c(C(=O)N(C)CC2(O)CCOCC2)cn1. The maximum atomic E-state index is 12.4. The number of aryl methyl sites for hydroxylation is 1. The molecule has 1 fully saturated rings. The Hall–Kier alpha value is -1.66. The summed E-state index contributed by atoms with van der Waals surface area (Å²) in [5.74, 6) is -0.227. The van der Waals surface area contributed by atoms with Crippen LogP contribution >= 0.6 is 0 Å². The third kappa shape index (κ3) is 3.26. The lowest BCUT2D eigenvalue weighted by molar-refractivity contribution is -0.0734. The van der Waals surface area contributed by atoms with E-state index >= 15 is 0 Å². The van der Waals surface area contributed by atoms with Gasteiger partial charge in [-0.05, 0) is 13.0 Å². The second kappa shape index (κ2) is 5.76. The van der Waals surface area contributed by atoms with Crippen molar-refractivity contribution >= 4 is 11.6 Å². The van der Waals surface area contributed by atoms with Crippen molar-refractivity contribution in [3.05, 3.63) is 23.5 Å². The lowest BCUT2D eigenvalue weighted by Crippen LogP contribution is -2.47. The van der Waals surface area contributed by atoms with Crippen molar-refractivity contribution in [1.29, 1.82) is 0 Å². The Labute approximate surface area is 118 Å². The smallest absolute Gasteiger partial charge is 0.257 e. The normalized spacial score (nSPS) is 17.8. The van der Waals surface area contributed by atoms with Crippen molar-refractivity contribution in [2.75, 3.05) is 32.5 Å². The molecule has 1 aliphatic rings. The monoisotopic (exact) mass is 279 g/mol.